The summed E-state index contributed by atoms with van der Waals surface area (Å²) in [6.45, 7) is 6.01. The molecule has 0 fully saturated rings. The maximum absolute atomic E-state index is 13.7. The molecule has 2 N–H and O–H groups in total. The molecule has 19 heavy (non-hydrogen) atoms. The van der Waals surface area contributed by atoms with Crippen LogP contribution in [0.3, 0.4) is 0 Å². The number of nitrogens with one attached hydrogen (secondary N) is 2. The van der Waals surface area contributed by atoms with Crippen molar-refractivity contribution in [3.63, 3.8) is 0 Å². The number of carbonyl (C=O) groups excluding carboxylic acids is 1. The van der Waals surface area contributed by atoms with Crippen molar-refractivity contribution >= 4 is 5.91 Å². The number of hydrogen-bond acceptors (Lipinski definition) is 3. The van der Waals surface area contributed by atoms with E-state index in [0.29, 0.717) is 6.54 Å². The van der Waals surface area contributed by atoms with E-state index in [1.165, 1.54) is 12.1 Å². The summed E-state index contributed by atoms with van der Waals surface area (Å²) in [5.74, 6) is -0.647. The second-order valence-electron chi connectivity index (χ2n) is 5.38. The van der Waals surface area contributed by atoms with Crippen LogP contribution >= 0.6 is 0 Å². The molecule has 0 saturated carbocycles. The van der Waals surface area contributed by atoms with E-state index in [9.17, 15) is 9.18 Å². The van der Waals surface area contributed by atoms with E-state index in [1.54, 1.807) is 13.1 Å². The average Bonchev–Trinajstić information content (AvgIpc) is 2.26. The van der Waals surface area contributed by atoms with Crippen molar-refractivity contribution in [1.82, 2.24) is 10.6 Å². The molecule has 0 radical (unpaired) electrons. The van der Waals surface area contributed by atoms with Gasteiger partial charge < -0.3 is 15.4 Å². The molecule has 0 unspecified atom stereocenters. The van der Waals surface area contributed by atoms with Gasteiger partial charge in [-0.25, -0.2) is 4.39 Å². The van der Waals surface area contributed by atoms with Crippen molar-refractivity contribution in [3.8, 4) is 5.75 Å². The molecular formula is C14H21FN2O2. The van der Waals surface area contributed by atoms with Crippen LogP contribution in [0, 0.1) is 5.82 Å². The summed E-state index contributed by atoms with van der Waals surface area (Å²) >= 11 is 0. The lowest BCUT2D eigenvalue weighted by molar-refractivity contribution is -0.124. The number of rotatable bonds is 5. The van der Waals surface area contributed by atoms with Crippen molar-refractivity contribution in [2.45, 2.75) is 32.9 Å². The van der Waals surface area contributed by atoms with Gasteiger partial charge >= 0.3 is 0 Å². The third-order valence-electron chi connectivity index (χ3n) is 2.25. The summed E-state index contributed by atoms with van der Waals surface area (Å²) in [6.07, 6.45) is 0. The number of hydrogen-bond donors (Lipinski definition) is 2. The van der Waals surface area contributed by atoms with Gasteiger partial charge in [-0.05, 0) is 45.5 Å². The minimum absolute atomic E-state index is 0.0870. The summed E-state index contributed by atoms with van der Waals surface area (Å²) in [5.41, 5.74) is 0.502. The Labute approximate surface area is 113 Å². The van der Waals surface area contributed by atoms with Gasteiger partial charge in [0.1, 0.15) is 0 Å². The quantitative estimate of drug-likeness (QED) is 0.856. The van der Waals surface area contributed by atoms with Crippen LogP contribution in [0.4, 0.5) is 4.39 Å². The van der Waals surface area contributed by atoms with E-state index in [4.69, 9.17) is 4.74 Å². The van der Waals surface area contributed by atoms with Crippen molar-refractivity contribution < 1.29 is 13.9 Å². The fraction of sp³-hybridized carbons (Fsp3) is 0.500. The highest BCUT2D eigenvalue weighted by Gasteiger charge is 2.14. The van der Waals surface area contributed by atoms with Crippen molar-refractivity contribution in [2.75, 3.05) is 13.7 Å². The lowest BCUT2D eigenvalue weighted by Gasteiger charge is -2.20. The van der Waals surface area contributed by atoms with Gasteiger partial charge in [0, 0.05) is 12.1 Å². The Hall–Kier alpha value is -1.62. The molecule has 1 rings (SSSR count). The zero-order chi connectivity index (χ0) is 14.5. The lowest BCUT2D eigenvalue weighted by atomic mass is 10.1. The van der Waals surface area contributed by atoms with Crippen LogP contribution in [0.15, 0.2) is 18.2 Å². The van der Waals surface area contributed by atoms with Gasteiger partial charge in [0.2, 0.25) is 0 Å². The molecule has 0 aliphatic carbocycles. The fourth-order valence-corrected chi connectivity index (χ4v) is 1.57. The number of halogens is 1. The van der Waals surface area contributed by atoms with Crippen molar-refractivity contribution in [3.05, 3.63) is 29.6 Å². The molecule has 106 valence electrons. The smallest absolute Gasteiger partial charge is 0.258 e. The van der Waals surface area contributed by atoms with E-state index in [2.05, 4.69) is 10.6 Å². The molecule has 1 aromatic rings. The first-order valence-corrected chi connectivity index (χ1v) is 6.18. The van der Waals surface area contributed by atoms with Gasteiger partial charge in [-0.1, -0.05) is 6.07 Å². The zero-order valence-corrected chi connectivity index (χ0v) is 11.8. The summed E-state index contributed by atoms with van der Waals surface area (Å²) in [6, 6.07) is 4.69. The van der Waals surface area contributed by atoms with Crippen LogP contribution in [-0.4, -0.2) is 25.1 Å². The average molecular weight is 268 g/mol. The van der Waals surface area contributed by atoms with Crippen molar-refractivity contribution in [1.29, 1.82) is 0 Å². The van der Waals surface area contributed by atoms with Gasteiger partial charge in [-0.15, -0.1) is 0 Å². The Bertz CT molecular complexity index is 442. The van der Waals surface area contributed by atoms with Crippen LogP contribution in [0.25, 0.3) is 0 Å². The highest BCUT2D eigenvalue weighted by Crippen LogP contribution is 2.18. The molecule has 0 atom stereocenters. The normalized spacial score (nSPS) is 11.2. The summed E-state index contributed by atoms with van der Waals surface area (Å²) in [4.78, 5) is 11.5. The molecule has 5 heteroatoms. The molecule has 1 amide bonds. The Morgan fingerprint density at radius 3 is 2.58 bits per heavy atom. The molecule has 0 heterocycles. The van der Waals surface area contributed by atoms with Crippen LogP contribution in [0.1, 0.15) is 26.3 Å². The number of amides is 1. The molecular weight excluding hydrogens is 247 g/mol. The summed E-state index contributed by atoms with van der Waals surface area (Å²) < 4.78 is 18.8. The van der Waals surface area contributed by atoms with Crippen LogP contribution in [0.2, 0.25) is 0 Å². The van der Waals surface area contributed by atoms with Crippen LogP contribution in [-0.2, 0) is 11.3 Å². The van der Waals surface area contributed by atoms with E-state index >= 15 is 0 Å². The van der Waals surface area contributed by atoms with Gasteiger partial charge in [0.25, 0.3) is 5.91 Å². The van der Waals surface area contributed by atoms with Crippen molar-refractivity contribution in [2.24, 2.45) is 0 Å². The molecule has 4 nitrogen and oxygen atoms in total. The standard InChI is InChI=1S/C14H21FN2O2/c1-14(2,3)17-13(18)9-19-12-6-5-10(8-16-4)7-11(12)15/h5-7,16H,8-9H2,1-4H3,(H,17,18). The molecule has 0 aliphatic heterocycles. The van der Waals surface area contributed by atoms with E-state index in [-0.39, 0.29) is 23.8 Å². The molecule has 0 aromatic heterocycles. The van der Waals surface area contributed by atoms with Crippen LogP contribution in [0.5, 0.6) is 5.75 Å². The fourth-order valence-electron chi connectivity index (χ4n) is 1.57. The summed E-state index contributed by atoms with van der Waals surface area (Å²) in [7, 11) is 1.79. The highest BCUT2D eigenvalue weighted by atomic mass is 19.1. The number of benzene rings is 1. The van der Waals surface area contributed by atoms with Crippen LogP contribution < -0.4 is 15.4 Å². The Balaban J connectivity index is 2.56. The second kappa shape index (κ2) is 6.52. The second-order valence-corrected chi connectivity index (χ2v) is 5.38. The molecule has 0 saturated heterocycles. The Kier molecular flexibility index (Phi) is 5.30. The topological polar surface area (TPSA) is 50.4 Å². The largest absolute Gasteiger partial charge is 0.481 e. The molecule has 0 aliphatic rings. The van der Waals surface area contributed by atoms with E-state index in [1.807, 2.05) is 20.8 Å². The third kappa shape index (κ3) is 5.70. The highest BCUT2D eigenvalue weighted by molar-refractivity contribution is 5.78. The third-order valence-corrected chi connectivity index (χ3v) is 2.25. The first-order chi connectivity index (χ1) is 8.81. The van der Waals surface area contributed by atoms with E-state index < -0.39 is 5.82 Å². The minimum atomic E-state index is -0.462. The SMILES string of the molecule is CNCc1ccc(OCC(=O)NC(C)(C)C)c(F)c1. The molecule has 0 bridgehead atoms. The Morgan fingerprint density at radius 2 is 2.05 bits per heavy atom. The Morgan fingerprint density at radius 1 is 1.37 bits per heavy atom. The predicted octanol–water partition coefficient (Wildman–Crippen LogP) is 1.84. The van der Waals surface area contributed by atoms with Gasteiger partial charge in [0.15, 0.2) is 18.2 Å². The van der Waals surface area contributed by atoms with Gasteiger partial charge in [-0.3, -0.25) is 4.79 Å². The number of ether oxygens (including phenoxy) is 1. The summed E-state index contributed by atoms with van der Waals surface area (Å²) in [5, 5.41) is 5.68. The van der Waals surface area contributed by atoms with Gasteiger partial charge in [-0.2, -0.15) is 0 Å². The minimum Gasteiger partial charge on any atom is -0.481 e. The van der Waals surface area contributed by atoms with E-state index in [0.717, 1.165) is 5.56 Å². The first kappa shape index (κ1) is 15.4. The monoisotopic (exact) mass is 268 g/mol. The maximum atomic E-state index is 13.7. The number of carbonyl (C=O) groups is 1. The maximum Gasteiger partial charge on any atom is 0.258 e. The zero-order valence-electron chi connectivity index (χ0n) is 11.8. The molecule has 0 spiro atoms. The first-order valence-electron chi connectivity index (χ1n) is 6.18. The molecule has 1 aromatic carbocycles. The van der Waals surface area contributed by atoms with Gasteiger partial charge in [0.05, 0.1) is 0 Å². The predicted molar refractivity (Wildman–Crippen MR) is 72.6 cm³/mol. The lowest BCUT2D eigenvalue weighted by Crippen LogP contribution is -2.43.